The minimum absolute atomic E-state index is 0.0114. The second kappa shape index (κ2) is 6.54. The van der Waals surface area contributed by atoms with Gasteiger partial charge in [0.2, 0.25) is 10.0 Å². The maximum absolute atomic E-state index is 13.2. The van der Waals surface area contributed by atoms with Gasteiger partial charge in [-0.15, -0.1) is 0 Å². The van der Waals surface area contributed by atoms with Gasteiger partial charge < -0.3 is 4.74 Å². The standard InChI is InChI=1S/C12H17ClFNO3S/c1-8(2)9(7-19(15,16)17)6-18-10-3-4-11(13)12(14)5-10/h3-5,8-9H,6-7H2,1-2H3,(H2,15,16,17). The molecule has 0 aromatic heterocycles. The monoisotopic (exact) mass is 309 g/mol. The first-order chi connectivity index (χ1) is 8.69. The minimum atomic E-state index is -3.56. The Labute approximate surface area is 117 Å². The lowest BCUT2D eigenvalue weighted by molar-refractivity contribution is 0.224. The fraction of sp³-hybridized carbons (Fsp3) is 0.500. The normalized spacial score (nSPS) is 13.6. The molecule has 1 aromatic carbocycles. The maximum atomic E-state index is 13.2. The van der Waals surface area contributed by atoms with E-state index >= 15 is 0 Å². The topological polar surface area (TPSA) is 69.4 Å². The van der Waals surface area contributed by atoms with Crippen LogP contribution in [0.3, 0.4) is 0 Å². The van der Waals surface area contributed by atoms with Gasteiger partial charge in [-0.25, -0.2) is 17.9 Å². The third-order valence-electron chi connectivity index (χ3n) is 2.74. The lowest BCUT2D eigenvalue weighted by Crippen LogP contribution is -2.30. The van der Waals surface area contributed by atoms with E-state index in [1.54, 1.807) is 0 Å². The first-order valence-electron chi connectivity index (χ1n) is 5.77. The van der Waals surface area contributed by atoms with E-state index in [4.69, 9.17) is 21.5 Å². The van der Waals surface area contributed by atoms with Gasteiger partial charge in [0.15, 0.2) is 0 Å². The van der Waals surface area contributed by atoms with Crippen LogP contribution < -0.4 is 9.88 Å². The first-order valence-corrected chi connectivity index (χ1v) is 7.86. The molecule has 4 nitrogen and oxygen atoms in total. The van der Waals surface area contributed by atoms with Crippen molar-refractivity contribution < 1.29 is 17.5 Å². The van der Waals surface area contributed by atoms with Crippen LogP contribution in [0.25, 0.3) is 0 Å². The van der Waals surface area contributed by atoms with Crippen LogP contribution in [0.15, 0.2) is 18.2 Å². The number of benzene rings is 1. The zero-order valence-electron chi connectivity index (χ0n) is 10.8. The molecule has 19 heavy (non-hydrogen) atoms. The van der Waals surface area contributed by atoms with Gasteiger partial charge in [0.05, 0.1) is 17.4 Å². The molecule has 1 atom stereocenters. The van der Waals surface area contributed by atoms with E-state index in [-0.39, 0.29) is 29.2 Å². The van der Waals surface area contributed by atoms with E-state index in [9.17, 15) is 12.8 Å². The lowest BCUT2D eigenvalue weighted by Gasteiger charge is -2.20. The fourth-order valence-electron chi connectivity index (χ4n) is 1.50. The Morgan fingerprint density at radius 1 is 1.42 bits per heavy atom. The number of hydrogen-bond acceptors (Lipinski definition) is 3. The molecule has 0 aliphatic carbocycles. The fourth-order valence-corrected chi connectivity index (χ4v) is 2.70. The molecule has 1 aromatic rings. The van der Waals surface area contributed by atoms with Gasteiger partial charge in [-0.05, 0) is 18.1 Å². The van der Waals surface area contributed by atoms with Gasteiger partial charge in [0, 0.05) is 12.0 Å². The average molecular weight is 310 g/mol. The van der Waals surface area contributed by atoms with Crippen LogP contribution in [0.1, 0.15) is 13.8 Å². The predicted octanol–water partition coefficient (Wildman–Crippen LogP) is 2.42. The van der Waals surface area contributed by atoms with Gasteiger partial charge in [-0.3, -0.25) is 0 Å². The Morgan fingerprint density at radius 3 is 2.53 bits per heavy atom. The summed E-state index contributed by atoms with van der Waals surface area (Å²) >= 11 is 5.55. The van der Waals surface area contributed by atoms with Crippen molar-refractivity contribution in [2.24, 2.45) is 17.0 Å². The Balaban J connectivity index is 2.68. The van der Waals surface area contributed by atoms with Gasteiger partial charge >= 0.3 is 0 Å². The number of rotatable bonds is 6. The molecule has 0 bridgehead atoms. The van der Waals surface area contributed by atoms with Crippen molar-refractivity contribution in [2.45, 2.75) is 13.8 Å². The summed E-state index contributed by atoms with van der Waals surface area (Å²) < 4.78 is 40.8. The molecule has 108 valence electrons. The molecule has 0 spiro atoms. The molecule has 0 radical (unpaired) electrons. The average Bonchev–Trinajstić information content (AvgIpc) is 2.27. The molecule has 7 heteroatoms. The summed E-state index contributed by atoms with van der Waals surface area (Å²) in [5.41, 5.74) is 0. The highest BCUT2D eigenvalue weighted by molar-refractivity contribution is 7.89. The molecule has 0 saturated heterocycles. The maximum Gasteiger partial charge on any atom is 0.209 e. The molecule has 2 N–H and O–H groups in total. The van der Waals surface area contributed by atoms with E-state index in [1.165, 1.54) is 12.1 Å². The van der Waals surface area contributed by atoms with Crippen LogP contribution in [-0.4, -0.2) is 20.8 Å². The highest BCUT2D eigenvalue weighted by atomic mass is 35.5. The Morgan fingerprint density at radius 2 is 2.05 bits per heavy atom. The molecule has 0 fully saturated rings. The van der Waals surface area contributed by atoms with Gasteiger partial charge in [0.1, 0.15) is 11.6 Å². The predicted molar refractivity (Wildman–Crippen MR) is 73.2 cm³/mol. The second-order valence-electron chi connectivity index (χ2n) is 4.72. The summed E-state index contributed by atoms with van der Waals surface area (Å²) in [6, 6.07) is 4.08. The van der Waals surface area contributed by atoms with Crippen molar-refractivity contribution >= 4 is 21.6 Å². The number of halogens is 2. The van der Waals surface area contributed by atoms with Crippen molar-refractivity contribution in [1.29, 1.82) is 0 Å². The van der Waals surface area contributed by atoms with Crippen molar-refractivity contribution in [1.82, 2.24) is 0 Å². The van der Waals surface area contributed by atoms with E-state index in [0.29, 0.717) is 5.75 Å². The molecule has 1 rings (SSSR count). The van der Waals surface area contributed by atoms with Crippen molar-refractivity contribution in [3.05, 3.63) is 29.0 Å². The molecule has 0 saturated carbocycles. The van der Waals surface area contributed by atoms with Crippen LogP contribution in [0, 0.1) is 17.7 Å². The number of primary sulfonamides is 1. The summed E-state index contributed by atoms with van der Waals surface area (Å²) in [5.74, 6) is -0.612. The summed E-state index contributed by atoms with van der Waals surface area (Å²) in [6.07, 6.45) is 0. The number of hydrogen-bond donors (Lipinski definition) is 1. The molecule has 0 aliphatic rings. The van der Waals surface area contributed by atoms with Crippen molar-refractivity contribution in [3.63, 3.8) is 0 Å². The highest BCUT2D eigenvalue weighted by Crippen LogP contribution is 2.22. The summed E-state index contributed by atoms with van der Waals surface area (Å²) in [4.78, 5) is 0. The van der Waals surface area contributed by atoms with E-state index in [1.807, 2.05) is 13.8 Å². The summed E-state index contributed by atoms with van der Waals surface area (Å²) in [6.45, 7) is 3.90. The number of sulfonamides is 1. The molecule has 0 aliphatic heterocycles. The summed E-state index contributed by atoms with van der Waals surface area (Å²) in [5, 5.41) is 5.04. The van der Waals surface area contributed by atoms with Crippen LogP contribution in [0.2, 0.25) is 5.02 Å². The zero-order chi connectivity index (χ0) is 14.6. The van der Waals surface area contributed by atoms with Gasteiger partial charge in [-0.1, -0.05) is 25.4 Å². The quantitative estimate of drug-likeness (QED) is 0.877. The Kier molecular flexibility index (Phi) is 5.58. The van der Waals surface area contributed by atoms with Gasteiger partial charge in [0.25, 0.3) is 0 Å². The third-order valence-corrected chi connectivity index (χ3v) is 3.94. The summed E-state index contributed by atoms with van der Waals surface area (Å²) in [7, 11) is -3.56. The molecule has 0 heterocycles. The van der Waals surface area contributed by atoms with Crippen molar-refractivity contribution in [3.8, 4) is 5.75 Å². The van der Waals surface area contributed by atoms with Crippen LogP contribution in [0.5, 0.6) is 5.75 Å². The van der Waals surface area contributed by atoms with Crippen LogP contribution >= 0.6 is 11.6 Å². The highest BCUT2D eigenvalue weighted by Gasteiger charge is 2.20. The number of nitrogens with two attached hydrogens (primary N) is 1. The Bertz CT molecular complexity index is 534. The zero-order valence-corrected chi connectivity index (χ0v) is 12.3. The van der Waals surface area contributed by atoms with Crippen LogP contribution in [-0.2, 0) is 10.0 Å². The van der Waals surface area contributed by atoms with E-state index in [2.05, 4.69) is 0 Å². The van der Waals surface area contributed by atoms with E-state index < -0.39 is 15.8 Å². The largest absolute Gasteiger partial charge is 0.493 e. The third kappa shape index (κ3) is 5.76. The molecular weight excluding hydrogens is 293 g/mol. The smallest absolute Gasteiger partial charge is 0.209 e. The van der Waals surface area contributed by atoms with Crippen molar-refractivity contribution in [2.75, 3.05) is 12.4 Å². The minimum Gasteiger partial charge on any atom is -0.493 e. The molecule has 1 unspecified atom stereocenters. The first kappa shape index (κ1) is 16.2. The molecular formula is C12H17ClFNO3S. The lowest BCUT2D eigenvalue weighted by atomic mass is 9.99. The van der Waals surface area contributed by atoms with E-state index in [0.717, 1.165) is 6.07 Å². The SMILES string of the molecule is CC(C)C(COc1ccc(Cl)c(F)c1)CS(N)(=O)=O. The van der Waals surface area contributed by atoms with Crippen LogP contribution in [0.4, 0.5) is 4.39 Å². The number of ether oxygens (including phenoxy) is 1. The Hall–Kier alpha value is -0.850. The van der Waals surface area contributed by atoms with Gasteiger partial charge in [-0.2, -0.15) is 0 Å². The second-order valence-corrected chi connectivity index (χ2v) is 6.79. The molecule has 0 amide bonds.